The van der Waals surface area contributed by atoms with Crippen molar-refractivity contribution in [3.63, 3.8) is 0 Å². The SMILES string of the molecule is CCOc1ccc2ccccc2c1/C=C(/C#N)C(=O)N(CC)CC. The fraction of sp³-hybridized carbons (Fsp3) is 0.300. The number of likely N-dealkylation sites (N-methyl/N-ethyl adjacent to an activating group) is 1. The Kier molecular flexibility index (Phi) is 5.97. The monoisotopic (exact) mass is 322 g/mol. The van der Waals surface area contributed by atoms with E-state index in [1.165, 1.54) is 0 Å². The Morgan fingerprint density at radius 2 is 1.88 bits per heavy atom. The van der Waals surface area contributed by atoms with Crippen LogP contribution in [0.4, 0.5) is 0 Å². The molecule has 2 rings (SSSR count). The number of hydrogen-bond acceptors (Lipinski definition) is 3. The highest BCUT2D eigenvalue weighted by molar-refractivity contribution is 6.05. The fourth-order valence-electron chi connectivity index (χ4n) is 2.67. The molecule has 0 fully saturated rings. The molecule has 2 aromatic carbocycles. The topological polar surface area (TPSA) is 53.3 Å². The molecule has 0 atom stereocenters. The largest absolute Gasteiger partial charge is 0.493 e. The molecule has 0 saturated carbocycles. The van der Waals surface area contributed by atoms with Crippen LogP contribution < -0.4 is 4.74 Å². The third-order valence-electron chi connectivity index (χ3n) is 3.92. The van der Waals surface area contributed by atoms with E-state index >= 15 is 0 Å². The maximum atomic E-state index is 12.5. The van der Waals surface area contributed by atoms with E-state index in [-0.39, 0.29) is 11.5 Å². The van der Waals surface area contributed by atoms with Gasteiger partial charge in [0.25, 0.3) is 5.91 Å². The number of nitrogens with zero attached hydrogens (tertiary/aromatic N) is 2. The summed E-state index contributed by atoms with van der Waals surface area (Å²) < 4.78 is 5.70. The molecule has 0 spiro atoms. The first-order chi connectivity index (χ1) is 11.7. The first-order valence-electron chi connectivity index (χ1n) is 8.21. The molecule has 0 radical (unpaired) electrons. The predicted molar refractivity (Wildman–Crippen MR) is 96.6 cm³/mol. The lowest BCUT2D eigenvalue weighted by molar-refractivity contribution is -0.126. The molecule has 0 aliphatic heterocycles. The van der Waals surface area contributed by atoms with Gasteiger partial charge in [-0.05, 0) is 43.7 Å². The molecule has 1 amide bonds. The van der Waals surface area contributed by atoms with Gasteiger partial charge in [0.05, 0.1) is 6.61 Å². The summed E-state index contributed by atoms with van der Waals surface area (Å²) in [4.78, 5) is 14.2. The maximum Gasteiger partial charge on any atom is 0.264 e. The van der Waals surface area contributed by atoms with Gasteiger partial charge in [0.2, 0.25) is 0 Å². The second-order valence-electron chi connectivity index (χ2n) is 5.28. The number of ether oxygens (including phenoxy) is 1. The molecule has 0 aliphatic carbocycles. The number of carbonyl (C=O) groups excluding carboxylic acids is 1. The lowest BCUT2D eigenvalue weighted by atomic mass is 10.0. The minimum Gasteiger partial charge on any atom is -0.493 e. The van der Waals surface area contributed by atoms with Crippen molar-refractivity contribution in [3.8, 4) is 11.8 Å². The highest BCUT2D eigenvalue weighted by Crippen LogP contribution is 2.30. The molecular weight excluding hydrogens is 300 g/mol. The highest BCUT2D eigenvalue weighted by Gasteiger charge is 2.17. The molecule has 0 aliphatic rings. The lowest BCUT2D eigenvalue weighted by Crippen LogP contribution is -2.31. The number of hydrogen-bond donors (Lipinski definition) is 0. The van der Waals surface area contributed by atoms with Crippen LogP contribution in [0.25, 0.3) is 16.8 Å². The molecule has 0 bridgehead atoms. The second-order valence-corrected chi connectivity index (χ2v) is 5.28. The molecule has 0 aromatic heterocycles. The Hall–Kier alpha value is -2.80. The van der Waals surface area contributed by atoms with Gasteiger partial charge in [-0.15, -0.1) is 0 Å². The van der Waals surface area contributed by atoms with Crippen LogP contribution in [0, 0.1) is 11.3 Å². The zero-order chi connectivity index (χ0) is 17.5. The van der Waals surface area contributed by atoms with Gasteiger partial charge in [0.15, 0.2) is 0 Å². The molecule has 0 saturated heterocycles. The van der Waals surface area contributed by atoms with E-state index in [2.05, 4.69) is 0 Å². The third-order valence-corrected chi connectivity index (χ3v) is 3.92. The Balaban J connectivity index is 2.62. The van der Waals surface area contributed by atoms with Crippen molar-refractivity contribution in [1.82, 2.24) is 4.90 Å². The molecular formula is C20H22N2O2. The third kappa shape index (κ3) is 3.57. The van der Waals surface area contributed by atoms with Gasteiger partial charge in [-0.2, -0.15) is 5.26 Å². The number of carbonyl (C=O) groups is 1. The Labute approximate surface area is 143 Å². The van der Waals surface area contributed by atoms with Gasteiger partial charge in [-0.1, -0.05) is 30.3 Å². The van der Waals surface area contributed by atoms with Crippen molar-refractivity contribution >= 4 is 22.8 Å². The van der Waals surface area contributed by atoms with Crippen LogP contribution in [0.2, 0.25) is 0 Å². The van der Waals surface area contributed by atoms with Crippen molar-refractivity contribution in [3.05, 3.63) is 47.5 Å². The highest BCUT2D eigenvalue weighted by atomic mass is 16.5. The van der Waals surface area contributed by atoms with Crippen molar-refractivity contribution in [2.45, 2.75) is 20.8 Å². The summed E-state index contributed by atoms with van der Waals surface area (Å²) in [6.07, 6.45) is 1.65. The minimum absolute atomic E-state index is 0.121. The standard InChI is InChI=1S/C20H22N2O2/c1-4-22(5-2)20(23)16(14-21)13-18-17-10-8-7-9-15(17)11-12-19(18)24-6-3/h7-13H,4-6H2,1-3H3/b16-13-. The van der Waals surface area contributed by atoms with E-state index in [1.807, 2.05) is 63.2 Å². The van der Waals surface area contributed by atoms with Crippen LogP contribution in [-0.2, 0) is 4.79 Å². The van der Waals surface area contributed by atoms with Crippen molar-refractivity contribution < 1.29 is 9.53 Å². The van der Waals surface area contributed by atoms with E-state index in [0.717, 1.165) is 16.3 Å². The van der Waals surface area contributed by atoms with Crippen LogP contribution in [0.1, 0.15) is 26.3 Å². The quantitative estimate of drug-likeness (QED) is 0.596. The molecule has 2 aromatic rings. The first-order valence-corrected chi connectivity index (χ1v) is 8.21. The summed E-state index contributed by atoms with van der Waals surface area (Å²) in [6.45, 7) is 7.38. The molecule has 0 heterocycles. The van der Waals surface area contributed by atoms with E-state index in [1.54, 1.807) is 11.0 Å². The summed E-state index contributed by atoms with van der Waals surface area (Å²) in [7, 11) is 0. The number of fused-ring (bicyclic) bond motifs is 1. The lowest BCUT2D eigenvalue weighted by Gasteiger charge is -2.18. The van der Waals surface area contributed by atoms with E-state index in [9.17, 15) is 10.1 Å². The maximum absolute atomic E-state index is 12.5. The van der Waals surface area contributed by atoms with Gasteiger partial charge in [0, 0.05) is 18.7 Å². The number of nitriles is 1. The van der Waals surface area contributed by atoms with Gasteiger partial charge in [-0.3, -0.25) is 4.79 Å². The minimum atomic E-state index is -0.252. The summed E-state index contributed by atoms with van der Waals surface area (Å²) in [6, 6.07) is 13.8. The smallest absolute Gasteiger partial charge is 0.264 e. The zero-order valence-corrected chi connectivity index (χ0v) is 14.4. The Morgan fingerprint density at radius 1 is 1.17 bits per heavy atom. The van der Waals surface area contributed by atoms with Crippen LogP contribution >= 0.6 is 0 Å². The Bertz CT molecular complexity index is 799. The molecule has 4 nitrogen and oxygen atoms in total. The first kappa shape index (κ1) is 17.6. The second kappa shape index (κ2) is 8.16. The van der Waals surface area contributed by atoms with Crippen molar-refractivity contribution in [2.75, 3.05) is 19.7 Å². The van der Waals surface area contributed by atoms with Crippen molar-refractivity contribution in [2.24, 2.45) is 0 Å². The van der Waals surface area contributed by atoms with E-state index in [4.69, 9.17) is 4.74 Å². The molecule has 0 N–H and O–H groups in total. The van der Waals surface area contributed by atoms with Gasteiger partial charge < -0.3 is 9.64 Å². The fourth-order valence-corrected chi connectivity index (χ4v) is 2.67. The Morgan fingerprint density at radius 3 is 2.50 bits per heavy atom. The average Bonchev–Trinajstić information content (AvgIpc) is 2.61. The summed E-state index contributed by atoms with van der Waals surface area (Å²) >= 11 is 0. The van der Waals surface area contributed by atoms with E-state index < -0.39 is 0 Å². The molecule has 24 heavy (non-hydrogen) atoms. The molecule has 0 unspecified atom stereocenters. The van der Waals surface area contributed by atoms with Gasteiger partial charge in [0.1, 0.15) is 17.4 Å². The van der Waals surface area contributed by atoms with E-state index in [0.29, 0.717) is 25.4 Å². The average molecular weight is 322 g/mol. The number of benzene rings is 2. The van der Waals surface area contributed by atoms with Crippen LogP contribution in [0.3, 0.4) is 0 Å². The summed E-state index contributed by atoms with van der Waals surface area (Å²) in [5.41, 5.74) is 0.892. The number of rotatable bonds is 6. The van der Waals surface area contributed by atoms with Crippen LogP contribution in [0.5, 0.6) is 5.75 Å². The van der Waals surface area contributed by atoms with Crippen molar-refractivity contribution in [1.29, 1.82) is 5.26 Å². The summed E-state index contributed by atoms with van der Waals surface area (Å²) in [5, 5.41) is 11.5. The van der Waals surface area contributed by atoms with Gasteiger partial charge >= 0.3 is 0 Å². The number of amides is 1. The van der Waals surface area contributed by atoms with Gasteiger partial charge in [-0.25, -0.2) is 0 Å². The van der Waals surface area contributed by atoms with Crippen LogP contribution in [0.15, 0.2) is 42.0 Å². The zero-order valence-electron chi connectivity index (χ0n) is 14.4. The molecule has 4 heteroatoms. The predicted octanol–water partition coefficient (Wildman–Crippen LogP) is 4.01. The van der Waals surface area contributed by atoms with Crippen LogP contribution in [-0.4, -0.2) is 30.5 Å². The molecule has 124 valence electrons. The summed E-state index contributed by atoms with van der Waals surface area (Å²) in [5.74, 6) is 0.425. The normalized spacial score (nSPS) is 11.2.